The second kappa shape index (κ2) is 7.30. The number of hydrogen-bond donors (Lipinski definition) is 2. The van der Waals surface area contributed by atoms with Gasteiger partial charge in [-0.25, -0.2) is 9.59 Å². The molecule has 0 aliphatic rings. The van der Waals surface area contributed by atoms with Crippen molar-refractivity contribution in [2.75, 3.05) is 0 Å². The minimum atomic E-state index is -1.88. The van der Waals surface area contributed by atoms with Gasteiger partial charge in [0.1, 0.15) is 6.42 Å². The van der Waals surface area contributed by atoms with Crippen molar-refractivity contribution in [1.29, 1.82) is 0 Å². The Labute approximate surface area is 99.1 Å². The van der Waals surface area contributed by atoms with E-state index in [2.05, 4.69) is 9.47 Å². The van der Waals surface area contributed by atoms with Gasteiger partial charge in [0, 0.05) is 29.6 Å². The molecule has 0 aliphatic heterocycles. The Morgan fingerprint density at radius 1 is 0.857 bits per heavy atom. The zero-order valence-corrected chi connectivity index (χ0v) is 9.05. The summed E-state index contributed by atoms with van der Waals surface area (Å²) in [7, 11) is 0. The molecule has 9 heteroatoms. The van der Waals surface area contributed by atoms with Crippen molar-refractivity contribution in [3.8, 4) is 0 Å². The van der Waals surface area contributed by atoms with Crippen LogP contribution in [-0.4, -0.2) is 64.0 Å². The summed E-state index contributed by atoms with van der Waals surface area (Å²) in [6.45, 7) is 0. The van der Waals surface area contributed by atoms with E-state index in [0.717, 1.165) is 0 Å². The number of esters is 2. The molecule has 0 aromatic rings. The summed E-state index contributed by atoms with van der Waals surface area (Å²) >= 11 is 0. The SMILES string of the molecule is O=C(O)OC(=O)CC(=O)OC(=O)O.[Na]. The van der Waals surface area contributed by atoms with Crippen LogP contribution < -0.4 is 0 Å². The summed E-state index contributed by atoms with van der Waals surface area (Å²) in [5, 5.41) is 15.7. The molecule has 0 aromatic heterocycles. The molecule has 0 unspecified atom stereocenters. The van der Waals surface area contributed by atoms with Crippen LogP contribution in [-0.2, 0) is 19.1 Å². The van der Waals surface area contributed by atoms with Crippen LogP contribution in [0.4, 0.5) is 9.59 Å². The first kappa shape index (κ1) is 15.4. The fraction of sp³-hybridized carbons (Fsp3) is 0.200. The van der Waals surface area contributed by atoms with E-state index in [1.807, 2.05) is 0 Å². The summed E-state index contributed by atoms with van der Waals surface area (Å²) in [6.07, 6.45) is -4.83. The molecule has 0 aliphatic carbocycles. The summed E-state index contributed by atoms with van der Waals surface area (Å²) < 4.78 is 6.97. The fourth-order valence-electron chi connectivity index (χ4n) is 0.385. The Morgan fingerprint density at radius 2 is 1.14 bits per heavy atom. The summed E-state index contributed by atoms with van der Waals surface area (Å²) in [5.74, 6) is -2.81. The second-order valence-corrected chi connectivity index (χ2v) is 1.66. The van der Waals surface area contributed by atoms with Gasteiger partial charge in [0.25, 0.3) is 0 Å². The summed E-state index contributed by atoms with van der Waals surface area (Å²) in [6, 6.07) is 0. The largest absolute Gasteiger partial charge is 0.513 e. The first-order valence-electron chi connectivity index (χ1n) is 2.79. The molecule has 0 aromatic carbocycles. The van der Waals surface area contributed by atoms with E-state index in [-0.39, 0.29) is 29.6 Å². The van der Waals surface area contributed by atoms with E-state index in [1.54, 1.807) is 0 Å². The first-order valence-corrected chi connectivity index (χ1v) is 2.79. The molecule has 1 radical (unpaired) electrons. The van der Waals surface area contributed by atoms with Crippen LogP contribution in [0.1, 0.15) is 6.42 Å². The minimum absolute atomic E-state index is 0. The van der Waals surface area contributed by atoms with Gasteiger partial charge in [0.15, 0.2) is 0 Å². The minimum Gasteiger partial charge on any atom is -0.449 e. The number of rotatable bonds is 2. The second-order valence-electron chi connectivity index (χ2n) is 1.66. The molecular weight excluding hydrogens is 211 g/mol. The Balaban J connectivity index is 0. The van der Waals surface area contributed by atoms with Gasteiger partial charge >= 0.3 is 24.2 Å². The third kappa shape index (κ3) is 8.97. The van der Waals surface area contributed by atoms with Gasteiger partial charge in [-0.3, -0.25) is 9.59 Å². The molecule has 73 valence electrons. The Kier molecular flexibility index (Phi) is 8.01. The van der Waals surface area contributed by atoms with Crippen LogP contribution in [0.5, 0.6) is 0 Å². The zero-order chi connectivity index (χ0) is 10.4. The van der Waals surface area contributed by atoms with Crippen molar-refractivity contribution in [2.24, 2.45) is 0 Å². The molecule has 0 amide bonds. The van der Waals surface area contributed by atoms with E-state index in [9.17, 15) is 19.2 Å². The van der Waals surface area contributed by atoms with E-state index in [0.29, 0.717) is 0 Å². The van der Waals surface area contributed by atoms with Gasteiger partial charge in [-0.1, -0.05) is 0 Å². The van der Waals surface area contributed by atoms with E-state index >= 15 is 0 Å². The van der Waals surface area contributed by atoms with Crippen LogP contribution in [0.15, 0.2) is 0 Å². The number of hydrogen-bond acceptors (Lipinski definition) is 6. The maximum Gasteiger partial charge on any atom is 0.513 e. The fourth-order valence-corrected chi connectivity index (χ4v) is 0.385. The average molecular weight is 215 g/mol. The molecule has 0 rings (SSSR count). The van der Waals surface area contributed by atoms with Crippen molar-refractivity contribution in [2.45, 2.75) is 6.42 Å². The quantitative estimate of drug-likeness (QED) is 0.356. The Bertz CT molecular complexity index is 232. The number of carbonyl (C=O) groups excluding carboxylic acids is 2. The number of carbonyl (C=O) groups is 4. The van der Waals surface area contributed by atoms with Crippen molar-refractivity contribution in [3.05, 3.63) is 0 Å². The van der Waals surface area contributed by atoms with Gasteiger partial charge < -0.3 is 19.7 Å². The van der Waals surface area contributed by atoms with Gasteiger partial charge in [-0.15, -0.1) is 0 Å². The average Bonchev–Trinajstić information content (AvgIpc) is 1.80. The molecular formula is C5H4NaO8. The Hall–Kier alpha value is -1.12. The van der Waals surface area contributed by atoms with E-state index in [4.69, 9.17) is 10.2 Å². The van der Waals surface area contributed by atoms with Gasteiger partial charge in [-0.2, -0.15) is 0 Å². The maximum absolute atomic E-state index is 10.3. The standard InChI is InChI=1S/C5H4O8.Na/c6-2(12-4(8)9)1-3(7)13-5(10)11;/h1H2,(H,8,9)(H,10,11);. The van der Waals surface area contributed by atoms with Gasteiger partial charge in [-0.05, 0) is 0 Å². The molecule has 0 saturated heterocycles. The third-order valence-corrected chi connectivity index (χ3v) is 0.691. The molecule has 2 N–H and O–H groups in total. The Morgan fingerprint density at radius 3 is 1.36 bits per heavy atom. The topological polar surface area (TPSA) is 127 Å². The van der Waals surface area contributed by atoms with Crippen molar-refractivity contribution < 1.29 is 38.9 Å². The molecule has 0 saturated carbocycles. The molecule has 0 bridgehead atoms. The van der Waals surface area contributed by atoms with Crippen molar-refractivity contribution >= 4 is 53.8 Å². The molecule has 0 fully saturated rings. The first-order chi connectivity index (χ1) is 5.91. The molecule has 0 spiro atoms. The predicted molar refractivity (Wildman–Crippen MR) is 38.6 cm³/mol. The third-order valence-electron chi connectivity index (χ3n) is 0.691. The smallest absolute Gasteiger partial charge is 0.449 e. The number of ether oxygens (including phenoxy) is 2. The molecule has 0 atom stereocenters. The van der Waals surface area contributed by atoms with Crippen molar-refractivity contribution in [3.63, 3.8) is 0 Å². The van der Waals surface area contributed by atoms with Gasteiger partial charge in [0.05, 0.1) is 0 Å². The molecule has 0 heterocycles. The zero-order valence-electron chi connectivity index (χ0n) is 7.05. The van der Waals surface area contributed by atoms with Gasteiger partial charge in [0.2, 0.25) is 0 Å². The number of carboxylic acid groups (broad SMARTS) is 2. The maximum atomic E-state index is 10.3. The van der Waals surface area contributed by atoms with Crippen LogP contribution in [0.25, 0.3) is 0 Å². The van der Waals surface area contributed by atoms with Crippen molar-refractivity contribution in [1.82, 2.24) is 0 Å². The van der Waals surface area contributed by atoms with Crippen LogP contribution >= 0.6 is 0 Å². The molecule has 14 heavy (non-hydrogen) atoms. The monoisotopic (exact) mass is 215 g/mol. The summed E-state index contributed by atoms with van der Waals surface area (Å²) in [4.78, 5) is 40.1. The summed E-state index contributed by atoms with van der Waals surface area (Å²) in [5.41, 5.74) is 0. The molecule has 8 nitrogen and oxygen atoms in total. The van der Waals surface area contributed by atoms with Crippen LogP contribution in [0.3, 0.4) is 0 Å². The van der Waals surface area contributed by atoms with Crippen LogP contribution in [0, 0.1) is 0 Å². The van der Waals surface area contributed by atoms with Crippen LogP contribution in [0.2, 0.25) is 0 Å². The van der Waals surface area contributed by atoms with E-state index < -0.39 is 30.7 Å². The van der Waals surface area contributed by atoms with E-state index in [1.165, 1.54) is 0 Å². The predicted octanol–water partition coefficient (Wildman–Crippen LogP) is -0.562. The normalized spacial score (nSPS) is 8.00.